The van der Waals surface area contributed by atoms with Crippen molar-refractivity contribution in [3.63, 3.8) is 0 Å². The quantitative estimate of drug-likeness (QED) is 0.837. The summed E-state index contributed by atoms with van der Waals surface area (Å²) in [5.74, 6) is 0.111. The van der Waals surface area contributed by atoms with Gasteiger partial charge < -0.3 is 10.5 Å². The number of nitrogen functional groups attached to an aromatic ring is 1. The fourth-order valence-electron chi connectivity index (χ4n) is 2.13. The predicted octanol–water partition coefficient (Wildman–Crippen LogP) is 2.47. The zero-order chi connectivity index (χ0) is 13.0. The van der Waals surface area contributed by atoms with Gasteiger partial charge in [0.15, 0.2) is 0 Å². The second kappa shape index (κ2) is 6.29. The molecule has 2 unspecified atom stereocenters. The molecule has 5 heteroatoms. The van der Waals surface area contributed by atoms with E-state index < -0.39 is 16.6 Å². The van der Waals surface area contributed by atoms with Crippen molar-refractivity contribution < 1.29 is 13.3 Å². The minimum absolute atomic E-state index is 0.312. The maximum absolute atomic E-state index is 13.1. The lowest BCUT2D eigenvalue weighted by Crippen LogP contribution is -2.08. The van der Waals surface area contributed by atoms with Crippen LogP contribution in [0.3, 0.4) is 0 Å². The molecule has 1 fully saturated rings. The number of ether oxygens (including phenoxy) is 1. The van der Waals surface area contributed by atoms with E-state index in [1.807, 2.05) is 0 Å². The third-order valence-corrected chi connectivity index (χ3v) is 4.60. The molecule has 1 saturated heterocycles. The lowest BCUT2D eigenvalue weighted by atomic mass is 10.1. The van der Waals surface area contributed by atoms with Gasteiger partial charge in [0.2, 0.25) is 0 Å². The lowest BCUT2D eigenvalue weighted by Gasteiger charge is -2.09. The molecule has 0 saturated carbocycles. The molecule has 0 aliphatic carbocycles. The lowest BCUT2D eigenvalue weighted by molar-refractivity contribution is 0.104. The molecule has 1 aliphatic rings. The molecule has 1 heterocycles. The zero-order valence-corrected chi connectivity index (χ0v) is 11.0. The highest BCUT2D eigenvalue weighted by molar-refractivity contribution is 7.85. The van der Waals surface area contributed by atoms with Gasteiger partial charge in [0, 0.05) is 18.0 Å². The van der Waals surface area contributed by atoms with Crippen molar-refractivity contribution >= 4 is 16.5 Å². The molecule has 3 nitrogen and oxygen atoms in total. The Kier molecular flexibility index (Phi) is 4.72. The van der Waals surface area contributed by atoms with Gasteiger partial charge in [0.05, 0.1) is 21.8 Å². The second-order valence-electron chi connectivity index (χ2n) is 4.51. The molecule has 0 radical (unpaired) electrons. The predicted molar refractivity (Wildman–Crippen MR) is 70.3 cm³/mol. The summed E-state index contributed by atoms with van der Waals surface area (Å²) >= 11 is 0. The number of benzene rings is 1. The van der Waals surface area contributed by atoms with E-state index in [2.05, 4.69) is 0 Å². The Balaban J connectivity index is 1.85. The van der Waals surface area contributed by atoms with Gasteiger partial charge in [-0.25, -0.2) is 4.39 Å². The van der Waals surface area contributed by atoms with Crippen molar-refractivity contribution in [2.75, 3.05) is 18.1 Å². The van der Waals surface area contributed by atoms with Crippen LogP contribution in [0.2, 0.25) is 0 Å². The minimum Gasteiger partial charge on any atom is -0.398 e. The molecular weight excluding hydrogens is 253 g/mol. The monoisotopic (exact) mass is 271 g/mol. The van der Waals surface area contributed by atoms with Crippen molar-refractivity contribution in [2.45, 2.75) is 36.7 Å². The van der Waals surface area contributed by atoms with Crippen LogP contribution in [0.4, 0.5) is 10.1 Å². The Hall–Kier alpha value is -0.940. The molecule has 1 aromatic carbocycles. The van der Waals surface area contributed by atoms with Crippen molar-refractivity contribution in [3.05, 3.63) is 24.0 Å². The van der Waals surface area contributed by atoms with Crippen LogP contribution < -0.4 is 5.73 Å². The highest BCUT2D eigenvalue weighted by Gasteiger charge is 2.16. The topological polar surface area (TPSA) is 52.3 Å². The molecule has 1 aromatic rings. The number of anilines is 1. The second-order valence-corrected chi connectivity index (χ2v) is 6.05. The highest BCUT2D eigenvalue weighted by Crippen LogP contribution is 2.21. The van der Waals surface area contributed by atoms with Crippen LogP contribution in [0.15, 0.2) is 23.1 Å². The summed E-state index contributed by atoms with van der Waals surface area (Å²) in [5.41, 5.74) is 6.10. The molecular formula is C13H18FNO2S. The van der Waals surface area contributed by atoms with Gasteiger partial charge in [-0.15, -0.1) is 0 Å². The third-order valence-electron chi connectivity index (χ3n) is 3.10. The van der Waals surface area contributed by atoms with Gasteiger partial charge in [0.1, 0.15) is 5.82 Å². The van der Waals surface area contributed by atoms with Gasteiger partial charge in [0.25, 0.3) is 0 Å². The Morgan fingerprint density at radius 2 is 2.33 bits per heavy atom. The summed E-state index contributed by atoms with van der Waals surface area (Å²) in [7, 11) is -1.23. The summed E-state index contributed by atoms with van der Waals surface area (Å²) in [4.78, 5) is 0.405. The average Bonchev–Trinajstić information content (AvgIpc) is 2.85. The van der Waals surface area contributed by atoms with Crippen LogP contribution in [-0.4, -0.2) is 22.7 Å². The summed E-state index contributed by atoms with van der Waals surface area (Å²) in [6, 6.07) is 4.00. The van der Waals surface area contributed by atoms with Crippen LogP contribution in [0, 0.1) is 5.82 Å². The fourth-order valence-corrected chi connectivity index (χ4v) is 3.35. The largest absolute Gasteiger partial charge is 0.398 e. The van der Waals surface area contributed by atoms with E-state index in [1.54, 1.807) is 0 Å². The van der Waals surface area contributed by atoms with Crippen LogP contribution >= 0.6 is 0 Å². The first-order valence-electron chi connectivity index (χ1n) is 6.22. The van der Waals surface area contributed by atoms with Gasteiger partial charge in [-0.3, -0.25) is 4.21 Å². The SMILES string of the molecule is Nc1ccc(F)cc1S(=O)CCCC1CCCO1. The van der Waals surface area contributed by atoms with E-state index in [9.17, 15) is 8.60 Å². The van der Waals surface area contributed by atoms with Gasteiger partial charge in [-0.1, -0.05) is 0 Å². The molecule has 0 amide bonds. The van der Waals surface area contributed by atoms with E-state index in [1.165, 1.54) is 18.2 Å². The fraction of sp³-hybridized carbons (Fsp3) is 0.538. The van der Waals surface area contributed by atoms with Crippen LogP contribution in [0.25, 0.3) is 0 Å². The molecule has 18 heavy (non-hydrogen) atoms. The molecule has 0 spiro atoms. The Bertz CT molecular complexity index is 433. The van der Waals surface area contributed by atoms with E-state index >= 15 is 0 Å². The minimum atomic E-state index is -1.23. The standard InChI is InChI=1S/C13H18FNO2S/c14-10-5-6-12(15)13(9-10)18(16)8-2-4-11-3-1-7-17-11/h5-6,9,11H,1-4,7-8,15H2. The number of hydrogen-bond acceptors (Lipinski definition) is 3. The van der Waals surface area contributed by atoms with E-state index in [0.29, 0.717) is 22.4 Å². The maximum atomic E-state index is 13.1. The smallest absolute Gasteiger partial charge is 0.124 e. The van der Waals surface area contributed by atoms with E-state index in [0.717, 1.165) is 32.3 Å². The highest BCUT2D eigenvalue weighted by atomic mass is 32.2. The molecule has 2 N–H and O–H groups in total. The number of nitrogens with two attached hydrogens (primary N) is 1. The van der Waals surface area contributed by atoms with E-state index in [4.69, 9.17) is 10.5 Å². The Labute approximate surface area is 109 Å². The Morgan fingerprint density at radius 3 is 3.06 bits per heavy atom. The number of halogens is 1. The first kappa shape index (κ1) is 13.5. The van der Waals surface area contributed by atoms with Gasteiger partial charge in [-0.2, -0.15) is 0 Å². The summed E-state index contributed by atoms with van der Waals surface area (Å²) in [6.45, 7) is 0.838. The molecule has 2 atom stereocenters. The van der Waals surface area contributed by atoms with Gasteiger partial charge >= 0.3 is 0 Å². The first-order valence-corrected chi connectivity index (χ1v) is 7.53. The van der Waals surface area contributed by atoms with Crippen molar-refractivity contribution in [1.82, 2.24) is 0 Å². The normalized spacial score (nSPS) is 21.1. The summed E-state index contributed by atoms with van der Waals surface area (Å²) < 4.78 is 30.6. The summed E-state index contributed by atoms with van der Waals surface area (Å²) in [5, 5.41) is 0. The third kappa shape index (κ3) is 3.53. The number of hydrogen-bond donors (Lipinski definition) is 1. The van der Waals surface area contributed by atoms with Crippen molar-refractivity contribution in [2.24, 2.45) is 0 Å². The van der Waals surface area contributed by atoms with Gasteiger partial charge in [-0.05, 0) is 43.9 Å². The zero-order valence-electron chi connectivity index (χ0n) is 10.2. The molecule has 0 bridgehead atoms. The molecule has 1 aliphatic heterocycles. The van der Waals surface area contributed by atoms with Crippen molar-refractivity contribution in [1.29, 1.82) is 0 Å². The van der Waals surface area contributed by atoms with Crippen LogP contribution in [0.1, 0.15) is 25.7 Å². The molecule has 2 rings (SSSR count). The molecule has 0 aromatic heterocycles. The van der Waals surface area contributed by atoms with Crippen molar-refractivity contribution in [3.8, 4) is 0 Å². The number of rotatable bonds is 5. The average molecular weight is 271 g/mol. The van der Waals surface area contributed by atoms with E-state index in [-0.39, 0.29) is 0 Å². The van der Waals surface area contributed by atoms with Crippen LogP contribution in [-0.2, 0) is 15.5 Å². The first-order chi connectivity index (χ1) is 8.66. The molecule has 100 valence electrons. The maximum Gasteiger partial charge on any atom is 0.124 e. The summed E-state index contributed by atoms with van der Waals surface area (Å²) in [6.07, 6.45) is 4.25. The Morgan fingerprint density at radius 1 is 1.50 bits per heavy atom. The van der Waals surface area contributed by atoms with Crippen LogP contribution in [0.5, 0.6) is 0 Å².